The summed E-state index contributed by atoms with van der Waals surface area (Å²) < 4.78 is 0. The van der Waals surface area contributed by atoms with Gasteiger partial charge in [-0.3, -0.25) is 14.4 Å². The molecule has 0 saturated carbocycles. The molecule has 2 aromatic carbocycles. The van der Waals surface area contributed by atoms with Crippen LogP contribution in [0.5, 0.6) is 0 Å². The Morgan fingerprint density at radius 2 is 1.74 bits per heavy atom. The number of nitrogens with two attached hydrogens (primary N) is 1. The molecule has 0 unspecified atom stereocenters. The van der Waals surface area contributed by atoms with Gasteiger partial charge in [0.05, 0.1) is 10.0 Å². The maximum absolute atomic E-state index is 13.0. The predicted octanol–water partition coefficient (Wildman–Crippen LogP) is 4.57. The molecule has 1 atom stereocenters. The molecule has 2 N–H and O–H groups in total. The van der Waals surface area contributed by atoms with Crippen molar-refractivity contribution in [2.24, 2.45) is 5.73 Å². The Balaban J connectivity index is 1.44. The Morgan fingerprint density at radius 1 is 1.03 bits per heavy atom. The minimum atomic E-state index is -0.889. The van der Waals surface area contributed by atoms with Gasteiger partial charge in [0, 0.05) is 51.1 Å². The Morgan fingerprint density at radius 3 is 2.37 bits per heavy atom. The predicted molar refractivity (Wildman–Crippen MR) is 150 cm³/mol. The second-order valence-corrected chi connectivity index (χ2v) is 11.3. The fourth-order valence-corrected chi connectivity index (χ4v) is 6.04. The maximum Gasteiger partial charge on any atom is 0.253 e. The number of halogens is 2. The summed E-state index contributed by atoms with van der Waals surface area (Å²) in [6.07, 6.45) is 4.13. The molecule has 3 amide bonds. The summed E-state index contributed by atoms with van der Waals surface area (Å²) in [6, 6.07) is 14.9. The third-order valence-corrected chi connectivity index (χ3v) is 8.79. The van der Waals surface area contributed by atoms with E-state index in [1.807, 2.05) is 49.5 Å². The highest BCUT2D eigenvalue weighted by molar-refractivity contribution is 6.42. The minimum absolute atomic E-state index is 0.0360. The lowest BCUT2D eigenvalue weighted by molar-refractivity contribution is -0.152. The number of piperidine rings is 2. The Kier molecular flexibility index (Phi) is 9.34. The number of likely N-dealkylation sites (tertiary alicyclic amines) is 2. The zero-order valence-corrected chi connectivity index (χ0v) is 23.4. The van der Waals surface area contributed by atoms with E-state index in [0.29, 0.717) is 61.1 Å². The van der Waals surface area contributed by atoms with Crippen molar-refractivity contribution in [3.8, 4) is 0 Å². The third kappa shape index (κ3) is 6.33. The van der Waals surface area contributed by atoms with Crippen molar-refractivity contribution in [3.63, 3.8) is 0 Å². The lowest BCUT2D eigenvalue weighted by atomic mass is 9.83. The van der Waals surface area contributed by atoms with Gasteiger partial charge in [0.2, 0.25) is 11.8 Å². The van der Waals surface area contributed by atoms with Crippen LogP contribution in [0.2, 0.25) is 10.0 Å². The van der Waals surface area contributed by atoms with Crippen molar-refractivity contribution in [1.29, 1.82) is 0 Å². The molecule has 0 radical (unpaired) electrons. The van der Waals surface area contributed by atoms with Crippen molar-refractivity contribution in [1.82, 2.24) is 14.7 Å². The second-order valence-electron chi connectivity index (χ2n) is 10.5. The van der Waals surface area contributed by atoms with Crippen molar-refractivity contribution in [2.45, 2.75) is 50.0 Å². The van der Waals surface area contributed by atoms with E-state index < -0.39 is 11.4 Å². The molecular weight excluding hydrogens is 523 g/mol. The molecule has 4 rings (SSSR count). The number of hydrogen-bond acceptors (Lipinski definition) is 4. The van der Waals surface area contributed by atoms with Crippen LogP contribution in [0.15, 0.2) is 48.5 Å². The molecular formula is C29H36Cl2N4O3. The van der Waals surface area contributed by atoms with E-state index in [1.165, 1.54) is 0 Å². The summed E-state index contributed by atoms with van der Waals surface area (Å²) in [7, 11) is 1.82. The summed E-state index contributed by atoms with van der Waals surface area (Å²) >= 11 is 12.5. The van der Waals surface area contributed by atoms with E-state index in [0.717, 1.165) is 31.4 Å². The SMILES string of the molecule is CN(C[C@@H](CCN1CCC(C(N)=O)(N2CCCCC2=O)CC1)c1ccc(Cl)c(Cl)c1)C(=O)c1ccccc1. The fraction of sp³-hybridized carbons (Fsp3) is 0.483. The van der Waals surface area contributed by atoms with Crippen molar-refractivity contribution >= 4 is 40.9 Å². The van der Waals surface area contributed by atoms with Crippen LogP contribution in [0.25, 0.3) is 0 Å². The summed E-state index contributed by atoms with van der Waals surface area (Å²) in [5.74, 6) is -0.364. The number of likely N-dealkylation sites (N-methyl/N-ethyl adjacent to an activating group) is 1. The van der Waals surface area contributed by atoms with Gasteiger partial charge < -0.3 is 20.4 Å². The van der Waals surface area contributed by atoms with E-state index in [9.17, 15) is 14.4 Å². The Bertz CT molecular complexity index is 1150. The largest absolute Gasteiger partial charge is 0.368 e. The number of nitrogens with zero attached hydrogens (tertiary/aromatic N) is 3. The zero-order chi connectivity index (χ0) is 27.3. The normalized spacial score (nSPS) is 18.7. The number of carbonyl (C=O) groups excluding carboxylic acids is 3. The molecule has 0 bridgehead atoms. The summed E-state index contributed by atoms with van der Waals surface area (Å²) in [6.45, 7) is 3.26. The monoisotopic (exact) mass is 558 g/mol. The van der Waals surface area contributed by atoms with E-state index >= 15 is 0 Å². The molecule has 2 saturated heterocycles. The number of benzene rings is 2. The van der Waals surface area contributed by atoms with Crippen molar-refractivity contribution < 1.29 is 14.4 Å². The summed E-state index contributed by atoms with van der Waals surface area (Å²) in [5, 5.41) is 0.982. The van der Waals surface area contributed by atoms with Crippen LogP contribution in [-0.4, -0.2) is 77.7 Å². The Labute approximate surface area is 234 Å². The second kappa shape index (κ2) is 12.5. The molecule has 7 nitrogen and oxygen atoms in total. The third-order valence-electron chi connectivity index (χ3n) is 8.05. The quantitative estimate of drug-likeness (QED) is 0.488. The lowest BCUT2D eigenvalue weighted by Gasteiger charge is -2.48. The molecule has 9 heteroatoms. The van der Waals surface area contributed by atoms with Gasteiger partial charge in [-0.15, -0.1) is 0 Å². The minimum Gasteiger partial charge on any atom is -0.368 e. The number of rotatable bonds is 9. The van der Waals surface area contributed by atoms with Crippen LogP contribution in [0.3, 0.4) is 0 Å². The van der Waals surface area contributed by atoms with Gasteiger partial charge in [0.1, 0.15) is 5.54 Å². The summed E-state index contributed by atoms with van der Waals surface area (Å²) in [4.78, 5) is 44.1. The lowest BCUT2D eigenvalue weighted by Crippen LogP contribution is -2.64. The van der Waals surface area contributed by atoms with Gasteiger partial charge in [-0.2, -0.15) is 0 Å². The van der Waals surface area contributed by atoms with Crippen LogP contribution >= 0.6 is 23.2 Å². The fourth-order valence-electron chi connectivity index (χ4n) is 5.74. The number of hydrogen-bond donors (Lipinski definition) is 1. The van der Waals surface area contributed by atoms with Gasteiger partial charge in [-0.25, -0.2) is 0 Å². The van der Waals surface area contributed by atoms with Gasteiger partial charge in [0.25, 0.3) is 5.91 Å². The average molecular weight is 560 g/mol. The molecule has 38 heavy (non-hydrogen) atoms. The average Bonchev–Trinajstić information content (AvgIpc) is 2.93. The first kappa shape index (κ1) is 28.4. The van der Waals surface area contributed by atoms with Crippen LogP contribution in [0.1, 0.15) is 60.4 Å². The first-order valence-corrected chi connectivity index (χ1v) is 14.0. The standard InChI is InChI=1S/C29H36Cl2N4O3/c1-33(27(37)21-7-3-2-4-8-21)20-23(22-10-11-24(30)25(31)19-22)12-16-34-17-13-29(14-18-34,28(32)38)35-15-6-5-9-26(35)36/h2-4,7-8,10-11,19,23H,5-6,9,12-18,20H2,1H3,(H2,32,38)/t23-/m1/s1. The number of carbonyl (C=O) groups is 3. The van der Waals surface area contributed by atoms with Crippen LogP contribution in [-0.2, 0) is 9.59 Å². The van der Waals surface area contributed by atoms with Gasteiger partial charge in [0.15, 0.2) is 0 Å². The van der Waals surface area contributed by atoms with E-state index in [1.54, 1.807) is 15.9 Å². The van der Waals surface area contributed by atoms with Crippen LogP contribution in [0.4, 0.5) is 0 Å². The molecule has 204 valence electrons. The highest BCUT2D eigenvalue weighted by Crippen LogP contribution is 2.34. The van der Waals surface area contributed by atoms with Gasteiger partial charge >= 0.3 is 0 Å². The highest BCUT2D eigenvalue weighted by Gasteiger charge is 2.47. The topological polar surface area (TPSA) is 86.9 Å². The Hall–Kier alpha value is -2.61. The molecule has 2 aromatic rings. The number of amides is 3. The maximum atomic E-state index is 13.0. The zero-order valence-electron chi connectivity index (χ0n) is 21.9. The van der Waals surface area contributed by atoms with Crippen LogP contribution in [0, 0.1) is 0 Å². The highest BCUT2D eigenvalue weighted by atomic mass is 35.5. The van der Waals surface area contributed by atoms with E-state index in [4.69, 9.17) is 28.9 Å². The molecule has 2 fully saturated rings. The van der Waals surface area contributed by atoms with Crippen LogP contribution < -0.4 is 5.73 Å². The van der Waals surface area contributed by atoms with Gasteiger partial charge in [-0.05, 0) is 68.5 Å². The van der Waals surface area contributed by atoms with Crippen molar-refractivity contribution in [3.05, 3.63) is 69.7 Å². The molecule has 2 aliphatic heterocycles. The first-order chi connectivity index (χ1) is 18.2. The molecule has 0 aliphatic carbocycles. The molecule has 2 heterocycles. The van der Waals surface area contributed by atoms with Crippen molar-refractivity contribution in [2.75, 3.05) is 39.8 Å². The molecule has 0 spiro atoms. The first-order valence-electron chi connectivity index (χ1n) is 13.3. The molecule has 0 aromatic heterocycles. The van der Waals surface area contributed by atoms with Gasteiger partial charge in [-0.1, -0.05) is 47.5 Å². The summed E-state index contributed by atoms with van der Waals surface area (Å²) in [5.41, 5.74) is 6.66. The van der Waals surface area contributed by atoms with E-state index in [2.05, 4.69) is 4.90 Å². The number of primary amides is 1. The van der Waals surface area contributed by atoms with E-state index in [-0.39, 0.29) is 17.7 Å². The smallest absolute Gasteiger partial charge is 0.253 e. The molecule has 2 aliphatic rings.